The predicted molar refractivity (Wildman–Crippen MR) is 155 cm³/mol. The van der Waals surface area contributed by atoms with Gasteiger partial charge < -0.3 is 23.0 Å². The van der Waals surface area contributed by atoms with Gasteiger partial charge in [0.15, 0.2) is 6.10 Å². The molecule has 2 atom stereocenters. The van der Waals surface area contributed by atoms with Gasteiger partial charge >= 0.3 is 11.9 Å². The van der Waals surface area contributed by atoms with Crippen molar-refractivity contribution in [3.05, 3.63) is 25.3 Å². The van der Waals surface area contributed by atoms with Crippen molar-refractivity contribution in [3.8, 4) is 0 Å². The fourth-order valence-electron chi connectivity index (χ4n) is 3.09. The molecule has 0 radical (unpaired) electrons. The number of hydrogen-bond acceptors (Lipinski definition) is 7. The van der Waals surface area contributed by atoms with Crippen LogP contribution < -0.4 is 0 Å². The van der Waals surface area contributed by atoms with Gasteiger partial charge in [-0.2, -0.15) is 0 Å². The van der Waals surface area contributed by atoms with Crippen LogP contribution in [0.1, 0.15) is 77.0 Å². The molecule has 0 aromatic heterocycles. The summed E-state index contributed by atoms with van der Waals surface area (Å²) in [5.74, 6) is -0.657. The number of quaternary nitrogens is 1. The van der Waals surface area contributed by atoms with Gasteiger partial charge in [-0.3, -0.25) is 9.59 Å². The second kappa shape index (κ2) is 21.3. The summed E-state index contributed by atoms with van der Waals surface area (Å²) < 4.78 is 23.1. The van der Waals surface area contributed by atoms with E-state index in [1.807, 2.05) is 12.2 Å². The number of hydrogen-bond donors (Lipinski definition) is 1. The molecule has 0 spiro atoms. The Hall–Kier alpha value is -0.700. The molecular weight excluding hydrogens is 517 g/mol. The Morgan fingerprint density at radius 2 is 1.39 bits per heavy atom. The number of nitrogens with zero attached hydrogens (tertiary/aromatic N) is 1. The average Bonchev–Trinajstić information content (AvgIpc) is 2.79. The van der Waals surface area contributed by atoms with E-state index < -0.39 is 11.8 Å². The van der Waals surface area contributed by atoms with Gasteiger partial charge in [0.25, 0.3) is 0 Å². The van der Waals surface area contributed by atoms with Gasteiger partial charge in [0.05, 0.1) is 27.7 Å². The van der Waals surface area contributed by atoms with E-state index in [9.17, 15) is 9.59 Å². The fraction of sp³-hybridized carbons (Fsp3) is 0.769. The van der Waals surface area contributed by atoms with Crippen LogP contribution >= 0.6 is 17.9 Å². The Balaban J connectivity index is 4.62. The van der Waals surface area contributed by atoms with Crippen LogP contribution in [0, 0.1) is 0 Å². The van der Waals surface area contributed by atoms with Gasteiger partial charge in [-0.15, -0.1) is 13.2 Å². The highest BCUT2D eigenvalue weighted by atomic mass is 32.9. The maximum atomic E-state index is 12.4. The quantitative estimate of drug-likeness (QED) is 0.0363. The van der Waals surface area contributed by atoms with Crippen molar-refractivity contribution in [3.63, 3.8) is 0 Å². The first-order chi connectivity index (χ1) is 17.0. The molecule has 0 saturated carbocycles. The van der Waals surface area contributed by atoms with Crippen LogP contribution in [0.15, 0.2) is 25.3 Å². The third-order valence-electron chi connectivity index (χ3n) is 5.25. The van der Waals surface area contributed by atoms with Gasteiger partial charge in [0, 0.05) is 12.8 Å². The monoisotopic (exact) mass is 566 g/mol. The summed E-state index contributed by atoms with van der Waals surface area (Å²) in [6, 6.07) is 0. The first-order valence-electron chi connectivity index (χ1n) is 13.0. The number of allylic oxidation sites excluding steroid dienone is 2. The summed E-state index contributed by atoms with van der Waals surface area (Å²) in [4.78, 5) is 24.6. The van der Waals surface area contributed by atoms with Crippen LogP contribution in [0.3, 0.4) is 0 Å². The lowest BCUT2D eigenvalue weighted by molar-refractivity contribution is -0.870. The number of likely N-dealkylation sites (N-methyl/N-ethyl adjacent to an activating group) is 1. The summed E-state index contributed by atoms with van der Waals surface area (Å²) in [6.45, 7) is 8.47. The van der Waals surface area contributed by atoms with Crippen LogP contribution in [0.4, 0.5) is 0 Å². The molecule has 0 heterocycles. The summed E-state index contributed by atoms with van der Waals surface area (Å²) in [5, 5.41) is 0. The predicted octanol–water partition coefficient (Wildman–Crippen LogP) is 6.39. The van der Waals surface area contributed by atoms with E-state index in [1.165, 1.54) is 0 Å². The van der Waals surface area contributed by atoms with Crippen LogP contribution in [-0.4, -0.2) is 70.0 Å². The first kappa shape index (κ1) is 35.3. The summed E-state index contributed by atoms with van der Waals surface area (Å²) in [5.41, 5.74) is -2.82. The van der Waals surface area contributed by atoms with E-state index >= 15 is 0 Å². The molecule has 1 unspecified atom stereocenters. The number of carbonyl (C=O) groups excluding carboxylic acids is 2. The third kappa shape index (κ3) is 23.7. The molecule has 0 aromatic carbocycles. The Morgan fingerprint density at radius 1 is 0.861 bits per heavy atom. The van der Waals surface area contributed by atoms with Crippen molar-refractivity contribution in [2.75, 3.05) is 47.5 Å². The largest absolute Gasteiger partial charge is 0.462 e. The molecule has 36 heavy (non-hydrogen) atoms. The van der Waals surface area contributed by atoms with Crippen molar-refractivity contribution in [2.24, 2.45) is 0 Å². The van der Waals surface area contributed by atoms with Crippen LogP contribution in [0.5, 0.6) is 0 Å². The molecule has 0 saturated heterocycles. The van der Waals surface area contributed by atoms with Crippen molar-refractivity contribution >= 4 is 41.7 Å². The van der Waals surface area contributed by atoms with Gasteiger partial charge in [-0.05, 0) is 50.3 Å². The summed E-state index contributed by atoms with van der Waals surface area (Å²) in [6.07, 6.45) is 13.3. The minimum atomic E-state index is -2.82. The smallest absolute Gasteiger partial charge is 0.306 e. The average molecular weight is 567 g/mol. The molecule has 0 aliphatic rings. The van der Waals surface area contributed by atoms with Crippen LogP contribution in [0.2, 0.25) is 0 Å². The lowest BCUT2D eigenvalue weighted by Gasteiger charge is -2.26. The van der Waals surface area contributed by atoms with Crippen LogP contribution in [0.25, 0.3) is 0 Å². The molecule has 0 aliphatic heterocycles. The summed E-state index contributed by atoms with van der Waals surface area (Å²) >= 11 is 9.76. The van der Waals surface area contributed by atoms with E-state index in [4.69, 9.17) is 30.3 Å². The van der Waals surface area contributed by atoms with Gasteiger partial charge in [-0.1, -0.05) is 50.1 Å². The van der Waals surface area contributed by atoms with Gasteiger partial charge in [0.1, 0.15) is 19.8 Å². The zero-order chi connectivity index (χ0) is 27.3. The van der Waals surface area contributed by atoms with Crippen molar-refractivity contribution in [1.82, 2.24) is 0 Å². The van der Waals surface area contributed by atoms with E-state index in [-0.39, 0.29) is 25.2 Å². The molecule has 7 nitrogen and oxygen atoms in total. The molecule has 0 amide bonds. The summed E-state index contributed by atoms with van der Waals surface area (Å²) in [7, 11) is 6.16. The minimum absolute atomic E-state index is 0.0366. The SMILES string of the molecule is C=CCCCCCCC(=O)OC[C@H](COP(=S)(S)OCC[N+](C)(C)C)OC(=O)CCCCCCC=C. The van der Waals surface area contributed by atoms with E-state index in [0.717, 1.165) is 75.2 Å². The van der Waals surface area contributed by atoms with E-state index in [2.05, 4.69) is 46.5 Å². The number of ether oxygens (including phenoxy) is 2. The van der Waals surface area contributed by atoms with Crippen molar-refractivity contribution in [1.29, 1.82) is 0 Å². The second-order valence-electron chi connectivity index (χ2n) is 9.89. The highest BCUT2D eigenvalue weighted by Crippen LogP contribution is 2.53. The standard InChI is InChI=1S/C26H48NO6PS2/c1-6-8-10-12-14-16-18-25(28)30-22-24(33-26(29)19-17-15-13-11-9-7-2)23-32-34(35,36)31-21-20-27(3,4)5/h6-7,24H,1-2,8-23H2,3-5H3/p+1/t24-/m1/s1. The Morgan fingerprint density at radius 3 is 1.92 bits per heavy atom. The highest BCUT2D eigenvalue weighted by molar-refractivity contribution is 8.60. The molecule has 0 aliphatic carbocycles. The fourth-order valence-corrected chi connectivity index (χ4v) is 4.68. The molecular formula is C26H49NO6PS2+. The minimum Gasteiger partial charge on any atom is -0.462 e. The molecule has 0 rings (SSSR count). The Bertz CT molecular complexity index is 684. The maximum absolute atomic E-state index is 12.4. The van der Waals surface area contributed by atoms with Crippen LogP contribution in [-0.2, 0) is 39.9 Å². The van der Waals surface area contributed by atoms with Crippen molar-refractivity contribution in [2.45, 2.75) is 83.2 Å². The number of carbonyl (C=O) groups is 2. The number of thiol groups is 1. The third-order valence-corrected chi connectivity index (χ3v) is 7.56. The van der Waals surface area contributed by atoms with E-state index in [1.54, 1.807) is 0 Å². The molecule has 0 N–H and O–H groups in total. The number of esters is 2. The molecule has 0 fully saturated rings. The van der Waals surface area contributed by atoms with Gasteiger partial charge in [0.2, 0.25) is 5.69 Å². The topological polar surface area (TPSA) is 71.1 Å². The van der Waals surface area contributed by atoms with E-state index in [0.29, 0.717) is 19.4 Å². The lowest BCUT2D eigenvalue weighted by Crippen LogP contribution is -2.37. The number of rotatable bonds is 24. The zero-order valence-corrected chi connectivity index (χ0v) is 25.3. The lowest BCUT2D eigenvalue weighted by atomic mass is 10.1. The maximum Gasteiger partial charge on any atom is 0.306 e. The Kier molecular flexibility index (Phi) is 20.8. The molecule has 0 bridgehead atoms. The molecule has 10 heteroatoms. The molecule has 210 valence electrons. The normalized spacial score (nSPS) is 14.0. The van der Waals surface area contributed by atoms with Crippen molar-refractivity contribution < 1.29 is 32.6 Å². The zero-order valence-electron chi connectivity index (χ0n) is 22.7. The second-order valence-corrected chi connectivity index (χ2v) is 15.2. The number of unbranched alkanes of at least 4 members (excludes halogenated alkanes) is 8. The first-order valence-corrected chi connectivity index (χ1v) is 16.8. The molecule has 0 aromatic rings. The Labute approximate surface area is 229 Å². The highest BCUT2D eigenvalue weighted by Gasteiger charge is 2.22. The van der Waals surface area contributed by atoms with Gasteiger partial charge in [-0.25, -0.2) is 0 Å².